The summed E-state index contributed by atoms with van der Waals surface area (Å²) in [6.45, 7) is 3.23. The number of hydrogen-bond donors (Lipinski definition) is 1. The highest BCUT2D eigenvalue weighted by Gasteiger charge is 2.30. The van der Waals surface area contributed by atoms with Gasteiger partial charge in [-0.3, -0.25) is 9.69 Å². The van der Waals surface area contributed by atoms with E-state index in [0.29, 0.717) is 12.6 Å². The van der Waals surface area contributed by atoms with Crippen LogP contribution in [0.3, 0.4) is 0 Å². The Bertz CT molecular complexity index is 727. The van der Waals surface area contributed by atoms with Gasteiger partial charge in [-0.25, -0.2) is 0 Å². The van der Waals surface area contributed by atoms with E-state index in [1.165, 1.54) is 18.4 Å². The van der Waals surface area contributed by atoms with Gasteiger partial charge in [-0.05, 0) is 55.2 Å². The molecule has 0 radical (unpaired) electrons. The van der Waals surface area contributed by atoms with Crippen molar-refractivity contribution in [3.05, 3.63) is 64.1 Å². The largest absolute Gasteiger partial charge is 0.497 e. The third-order valence-corrected chi connectivity index (χ3v) is 5.23. The van der Waals surface area contributed by atoms with E-state index >= 15 is 0 Å². The Morgan fingerprint density at radius 1 is 1.19 bits per heavy atom. The van der Waals surface area contributed by atoms with Gasteiger partial charge in [-0.2, -0.15) is 0 Å². The number of halogens is 1. The van der Waals surface area contributed by atoms with E-state index in [-0.39, 0.29) is 11.9 Å². The van der Waals surface area contributed by atoms with E-state index in [2.05, 4.69) is 38.3 Å². The lowest BCUT2D eigenvalue weighted by Gasteiger charge is -2.23. The molecule has 1 N–H and O–H groups in total. The molecular formula is C21H25BrN2O2. The zero-order chi connectivity index (χ0) is 18.5. The third-order valence-electron chi connectivity index (χ3n) is 4.70. The molecule has 0 bridgehead atoms. The molecular weight excluding hydrogens is 392 g/mol. The van der Waals surface area contributed by atoms with Crippen molar-refractivity contribution in [1.82, 2.24) is 10.2 Å². The summed E-state index contributed by atoms with van der Waals surface area (Å²) in [6.07, 6.45) is 2.34. The van der Waals surface area contributed by atoms with Gasteiger partial charge < -0.3 is 10.1 Å². The first-order chi connectivity index (χ1) is 12.5. The van der Waals surface area contributed by atoms with Gasteiger partial charge in [0.2, 0.25) is 5.91 Å². The summed E-state index contributed by atoms with van der Waals surface area (Å²) in [5.74, 6) is 0.925. The van der Waals surface area contributed by atoms with Crippen molar-refractivity contribution in [2.24, 2.45) is 0 Å². The van der Waals surface area contributed by atoms with Crippen LogP contribution in [0.4, 0.5) is 0 Å². The molecule has 0 unspecified atom stereocenters. The Morgan fingerprint density at radius 3 is 2.42 bits per heavy atom. The average Bonchev–Trinajstić information content (AvgIpc) is 3.47. The van der Waals surface area contributed by atoms with Crippen LogP contribution in [-0.2, 0) is 11.3 Å². The topological polar surface area (TPSA) is 41.6 Å². The fraction of sp³-hybridized carbons (Fsp3) is 0.381. The first-order valence-corrected chi connectivity index (χ1v) is 9.76. The first kappa shape index (κ1) is 18.9. The summed E-state index contributed by atoms with van der Waals surface area (Å²) in [5.41, 5.74) is 2.31. The molecule has 5 heteroatoms. The van der Waals surface area contributed by atoms with Gasteiger partial charge in [0.1, 0.15) is 5.75 Å². The minimum absolute atomic E-state index is 0.00219. The van der Waals surface area contributed by atoms with Crippen molar-refractivity contribution in [1.29, 1.82) is 0 Å². The van der Waals surface area contributed by atoms with Crippen molar-refractivity contribution in [3.63, 3.8) is 0 Å². The van der Waals surface area contributed by atoms with Crippen molar-refractivity contribution in [3.8, 4) is 5.75 Å². The molecule has 0 heterocycles. The predicted octanol–water partition coefficient (Wildman–Crippen LogP) is 4.30. The van der Waals surface area contributed by atoms with Crippen LogP contribution in [0.25, 0.3) is 0 Å². The molecule has 1 fully saturated rings. The Morgan fingerprint density at radius 2 is 1.85 bits per heavy atom. The monoisotopic (exact) mass is 416 g/mol. The molecule has 2 aromatic carbocycles. The molecule has 0 aromatic heterocycles. The number of nitrogens with zero attached hydrogens (tertiary/aromatic N) is 1. The van der Waals surface area contributed by atoms with Gasteiger partial charge in [0.15, 0.2) is 0 Å². The summed E-state index contributed by atoms with van der Waals surface area (Å²) >= 11 is 3.44. The number of methoxy groups -OCH3 is 1. The molecule has 1 aliphatic rings. The molecule has 1 aliphatic carbocycles. The lowest BCUT2D eigenvalue weighted by molar-refractivity contribution is -0.123. The van der Waals surface area contributed by atoms with E-state index < -0.39 is 0 Å². The van der Waals surface area contributed by atoms with Gasteiger partial charge in [-0.15, -0.1) is 0 Å². The van der Waals surface area contributed by atoms with Crippen LogP contribution in [0, 0.1) is 0 Å². The van der Waals surface area contributed by atoms with Crippen LogP contribution in [0.2, 0.25) is 0 Å². The highest BCUT2D eigenvalue weighted by Crippen LogP contribution is 2.28. The summed E-state index contributed by atoms with van der Waals surface area (Å²) in [4.78, 5) is 14.8. The summed E-state index contributed by atoms with van der Waals surface area (Å²) in [5, 5.41) is 3.12. The Balaban J connectivity index is 1.56. The zero-order valence-corrected chi connectivity index (χ0v) is 16.8. The van der Waals surface area contributed by atoms with Gasteiger partial charge in [0.25, 0.3) is 0 Å². The molecule has 3 rings (SSSR count). The van der Waals surface area contributed by atoms with Crippen LogP contribution < -0.4 is 10.1 Å². The number of nitrogens with one attached hydrogen (secondary N) is 1. The SMILES string of the molecule is COc1ccc(CN(CC(=O)N[C@H](C)c2ccc(Br)cc2)C2CC2)cc1. The van der Waals surface area contributed by atoms with Crippen LogP contribution >= 0.6 is 15.9 Å². The van der Waals surface area contributed by atoms with Crippen LogP contribution in [0.1, 0.15) is 36.9 Å². The Hall–Kier alpha value is -1.85. The van der Waals surface area contributed by atoms with Gasteiger partial charge in [0.05, 0.1) is 19.7 Å². The molecule has 26 heavy (non-hydrogen) atoms. The van der Waals surface area contributed by atoms with Gasteiger partial charge >= 0.3 is 0 Å². The average molecular weight is 417 g/mol. The molecule has 1 atom stereocenters. The van der Waals surface area contributed by atoms with E-state index in [9.17, 15) is 4.79 Å². The smallest absolute Gasteiger partial charge is 0.234 e. The highest BCUT2D eigenvalue weighted by atomic mass is 79.9. The maximum absolute atomic E-state index is 12.5. The van der Waals surface area contributed by atoms with Crippen molar-refractivity contribution in [2.75, 3.05) is 13.7 Å². The van der Waals surface area contributed by atoms with E-state index in [0.717, 1.165) is 22.3 Å². The number of ether oxygens (including phenoxy) is 1. The normalized spacial score (nSPS) is 14.9. The van der Waals surface area contributed by atoms with Crippen molar-refractivity contribution >= 4 is 21.8 Å². The maximum Gasteiger partial charge on any atom is 0.234 e. The second kappa shape index (κ2) is 8.69. The van der Waals surface area contributed by atoms with E-state index in [4.69, 9.17) is 4.74 Å². The lowest BCUT2D eigenvalue weighted by atomic mass is 10.1. The fourth-order valence-corrected chi connectivity index (χ4v) is 3.29. The Labute approximate surface area is 163 Å². The minimum Gasteiger partial charge on any atom is -0.497 e. The quantitative estimate of drug-likeness (QED) is 0.697. The number of carbonyl (C=O) groups is 1. The molecule has 0 spiro atoms. The zero-order valence-electron chi connectivity index (χ0n) is 15.2. The first-order valence-electron chi connectivity index (χ1n) is 8.97. The minimum atomic E-state index is -0.00219. The molecule has 1 amide bonds. The van der Waals surface area contributed by atoms with Crippen molar-refractivity contribution < 1.29 is 9.53 Å². The molecule has 0 aliphatic heterocycles. The number of carbonyl (C=O) groups excluding carboxylic acids is 1. The summed E-state index contributed by atoms with van der Waals surface area (Å²) in [7, 11) is 1.67. The molecule has 1 saturated carbocycles. The molecule has 138 valence electrons. The standard InChI is InChI=1S/C21H25BrN2O2/c1-15(17-5-7-18(22)8-6-17)23-21(25)14-24(19-9-10-19)13-16-3-11-20(26-2)12-4-16/h3-8,11-12,15,19H,9-10,13-14H2,1-2H3,(H,23,25)/t15-/m1/s1. The lowest BCUT2D eigenvalue weighted by Crippen LogP contribution is -2.39. The van der Waals surface area contributed by atoms with Crippen LogP contribution in [0.5, 0.6) is 5.75 Å². The molecule has 4 nitrogen and oxygen atoms in total. The molecule has 2 aromatic rings. The number of benzene rings is 2. The van der Waals surface area contributed by atoms with Crippen LogP contribution in [0.15, 0.2) is 53.0 Å². The second-order valence-corrected chi connectivity index (χ2v) is 7.74. The van der Waals surface area contributed by atoms with Crippen molar-refractivity contribution in [2.45, 2.75) is 38.4 Å². The Kier molecular flexibility index (Phi) is 6.33. The van der Waals surface area contributed by atoms with Crippen LogP contribution in [-0.4, -0.2) is 30.5 Å². The van der Waals surface area contributed by atoms with Gasteiger partial charge in [-0.1, -0.05) is 40.2 Å². The maximum atomic E-state index is 12.5. The number of rotatable bonds is 8. The highest BCUT2D eigenvalue weighted by molar-refractivity contribution is 9.10. The number of hydrogen-bond acceptors (Lipinski definition) is 3. The summed E-state index contributed by atoms with van der Waals surface area (Å²) in [6, 6.07) is 16.6. The number of amides is 1. The predicted molar refractivity (Wildman–Crippen MR) is 107 cm³/mol. The fourth-order valence-electron chi connectivity index (χ4n) is 3.03. The molecule has 0 saturated heterocycles. The van der Waals surface area contributed by atoms with Gasteiger partial charge in [0, 0.05) is 17.1 Å². The second-order valence-electron chi connectivity index (χ2n) is 6.82. The third kappa shape index (κ3) is 5.32. The van der Waals surface area contributed by atoms with E-state index in [1.54, 1.807) is 7.11 Å². The van der Waals surface area contributed by atoms with E-state index in [1.807, 2.05) is 43.3 Å². The summed E-state index contributed by atoms with van der Waals surface area (Å²) < 4.78 is 6.25.